The molecule has 0 aromatic heterocycles. The molecule has 0 saturated heterocycles. The SMILES string of the molecule is O=S(=O)(Cl)Cc1ccc(SC2CC2)c(Cl)c1. The molecule has 0 bridgehead atoms. The molecule has 6 heteroatoms. The Kier molecular flexibility index (Phi) is 3.74. The second-order valence-electron chi connectivity index (χ2n) is 3.77. The number of hydrogen-bond donors (Lipinski definition) is 0. The van der Waals surface area contributed by atoms with E-state index in [4.69, 9.17) is 22.3 Å². The molecule has 1 fully saturated rings. The lowest BCUT2D eigenvalue weighted by Gasteiger charge is -2.05. The van der Waals surface area contributed by atoms with Crippen molar-refractivity contribution < 1.29 is 8.42 Å². The molecule has 0 amide bonds. The van der Waals surface area contributed by atoms with E-state index >= 15 is 0 Å². The van der Waals surface area contributed by atoms with Crippen molar-refractivity contribution in [2.45, 2.75) is 28.7 Å². The van der Waals surface area contributed by atoms with Crippen molar-refractivity contribution in [3.8, 4) is 0 Å². The van der Waals surface area contributed by atoms with Crippen LogP contribution in [0.25, 0.3) is 0 Å². The third-order valence-corrected chi connectivity index (χ3v) is 5.00. The van der Waals surface area contributed by atoms with Crippen molar-refractivity contribution >= 4 is 43.1 Å². The summed E-state index contributed by atoms with van der Waals surface area (Å²) in [6.45, 7) is 0. The first-order valence-electron chi connectivity index (χ1n) is 4.81. The number of thioether (sulfide) groups is 1. The van der Waals surface area contributed by atoms with Gasteiger partial charge < -0.3 is 0 Å². The first-order valence-corrected chi connectivity index (χ1v) is 8.55. The average molecular weight is 297 g/mol. The molecule has 2 rings (SSSR count). The van der Waals surface area contributed by atoms with Gasteiger partial charge in [-0.25, -0.2) is 8.42 Å². The van der Waals surface area contributed by atoms with Crippen LogP contribution in [0.4, 0.5) is 0 Å². The van der Waals surface area contributed by atoms with Crippen LogP contribution >= 0.6 is 34.0 Å². The van der Waals surface area contributed by atoms with Crippen LogP contribution in [0.5, 0.6) is 0 Å². The highest BCUT2D eigenvalue weighted by Gasteiger charge is 2.23. The van der Waals surface area contributed by atoms with Gasteiger partial charge in [-0.15, -0.1) is 11.8 Å². The molecule has 1 aliphatic rings. The second kappa shape index (κ2) is 4.77. The minimum Gasteiger partial charge on any atom is -0.212 e. The van der Waals surface area contributed by atoms with E-state index in [-0.39, 0.29) is 5.75 Å². The molecule has 1 aliphatic carbocycles. The summed E-state index contributed by atoms with van der Waals surface area (Å²) in [5.41, 5.74) is 0.625. The van der Waals surface area contributed by atoms with Crippen molar-refractivity contribution in [2.75, 3.05) is 0 Å². The van der Waals surface area contributed by atoms with Gasteiger partial charge in [0.15, 0.2) is 0 Å². The summed E-state index contributed by atoms with van der Waals surface area (Å²) in [6, 6.07) is 5.30. The van der Waals surface area contributed by atoms with Crippen LogP contribution < -0.4 is 0 Å². The fourth-order valence-electron chi connectivity index (χ4n) is 1.29. The largest absolute Gasteiger partial charge is 0.236 e. The Bertz CT molecular complexity index is 496. The van der Waals surface area contributed by atoms with Gasteiger partial charge in [-0.05, 0) is 30.5 Å². The molecule has 2 nitrogen and oxygen atoms in total. The van der Waals surface area contributed by atoms with Gasteiger partial charge in [0, 0.05) is 20.8 Å². The van der Waals surface area contributed by atoms with Gasteiger partial charge in [0.25, 0.3) is 0 Å². The van der Waals surface area contributed by atoms with Gasteiger partial charge in [-0.2, -0.15) is 0 Å². The van der Waals surface area contributed by atoms with Crippen molar-refractivity contribution in [1.82, 2.24) is 0 Å². The Hall–Kier alpha value is 0.1000. The smallest absolute Gasteiger partial charge is 0.212 e. The molecule has 88 valence electrons. The van der Waals surface area contributed by atoms with Gasteiger partial charge in [-0.1, -0.05) is 17.7 Å². The third kappa shape index (κ3) is 3.84. The highest BCUT2D eigenvalue weighted by molar-refractivity contribution is 8.13. The van der Waals surface area contributed by atoms with Crippen molar-refractivity contribution in [1.29, 1.82) is 0 Å². The van der Waals surface area contributed by atoms with E-state index in [1.54, 1.807) is 23.9 Å². The number of benzene rings is 1. The normalized spacial score (nSPS) is 16.4. The van der Waals surface area contributed by atoms with Crippen molar-refractivity contribution in [2.24, 2.45) is 0 Å². The fourth-order valence-corrected chi connectivity index (χ4v) is 3.64. The number of halogens is 2. The molecule has 0 aliphatic heterocycles. The summed E-state index contributed by atoms with van der Waals surface area (Å²) >= 11 is 7.82. The van der Waals surface area contributed by atoms with E-state index in [2.05, 4.69) is 0 Å². The number of rotatable bonds is 4. The lowest BCUT2D eigenvalue weighted by atomic mass is 10.2. The summed E-state index contributed by atoms with van der Waals surface area (Å²) in [4.78, 5) is 1.01. The monoisotopic (exact) mass is 296 g/mol. The Balaban J connectivity index is 2.14. The summed E-state index contributed by atoms with van der Waals surface area (Å²) in [5, 5.41) is 1.29. The van der Waals surface area contributed by atoms with Gasteiger partial charge >= 0.3 is 0 Å². The zero-order valence-corrected chi connectivity index (χ0v) is 11.5. The molecule has 16 heavy (non-hydrogen) atoms. The molecule has 0 heterocycles. The zero-order valence-electron chi connectivity index (χ0n) is 8.32. The van der Waals surface area contributed by atoms with E-state index < -0.39 is 9.05 Å². The van der Waals surface area contributed by atoms with Crippen molar-refractivity contribution in [3.63, 3.8) is 0 Å². The maximum atomic E-state index is 10.9. The van der Waals surface area contributed by atoms with Crippen LogP contribution in [0.1, 0.15) is 18.4 Å². The van der Waals surface area contributed by atoms with E-state index in [1.165, 1.54) is 12.8 Å². The van der Waals surface area contributed by atoms with Gasteiger partial charge in [0.1, 0.15) is 0 Å². The average Bonchev–Trinajstić information content (AvgIpc) is 2.90. The van der Waals surface area contributed by atoms with Crippen LogP contribution in [-0.4, -0.2) is 13.7 Å². The molecular weight excluding hydrogens is 287 g/mol. The molecule has 0 spiro atoms. The minimum atomic E-state index is -3.51. The Morgan fingerprint density at radius 2 is 2.06 bits per heavy atom. The highest BCUT2D eigenvalue weighted by atomic mass is 35.7. The van der Waals surface area contributed by atoms with E-state index in [1.807, 2.05) is 6.07 Å². The van der Waals surface area contributed by atoms with E-state index in [0.717, 1.165) is 4.90 Å². The van der Waals surface area contributed by atoms with Crippen LogP contribution in [0.2, 0.25) is 5.02 Å². The van der Waals surface area contributed by atoms with Crippen LogP contribution in [0.15, 0.2) is 23.1 Å². The highest BCUT2D eigenvalue weighted by Crippen LogP contribution is 2.42. The predicted molar refractivity (Wildman–Crippen MR) is 68.8 cm³/mol. The second-order valence-corrected chi connectivity index (χ2v) is 8.29. The molecule has 0 N–H and O–H groups in total. The fraction of sp³-hybridized carbons (Fsp3) is 0.400. The molecular formula is C10H10Cl2O2S2. The lowest BCUT2D eigenvalue weighted by Crippen LogP contribution is -1.95. The van der Waals surface area contributed by atoms with E-state index in [9.17, 15) is 8.42 Å². The summed E-state index contributed by atoms with van der Waals surface area (Å²) in [7, 11) is 1.67. The number of hydrogen-bond acceptors (Lipinski definition) is 3. The first-order chi connectivity index (χ1) is 7.44. The minimum absolute atomic E-state index is 0.178. The molecule has 0 atom stereocenters. The predicted octanol–water partition coefficient (Wildman–Crippen LogP) is 3.66. The third-order valence-electron chi connectivity index (χ3n) is 2.15. The van der Waals surface area contributed by atoms with Gasteiger partial charge in [0.2, 0.25) is 9.05 Å². The van der Waals surface area contributed by atoms with Gasteiger partial charge in [-0.3, -0.25) is 0 Å². The van der Waals surface area contributed by atoms with Crippen LogP contribution in [0.3, 0.4) is 0 Å². The molecule has 1 aromatic rings. The topological polar surface area (TPSA) is 34.1 Å². The van der Waals surface area contributed by atoms with Gasteiger partial charge in [0.05, 0.1) is 10.8 Å². The lowest BCUT2D eigenvalue weighted by molar-refractivity contribution is 0.609. The Morgan fingerprint density at radius 1 is 1.38 bits per heavy atom. The maximum Gasteiger partial charge on any atom is 0.236 e. The summed E-state index contributed by atoms with van der Waals surface area (Å²) in [6.07, 6.45) is 2.47. The van der Waals surface area contributed by atoms with E-state index in [0.29, 0.717) is 15.8 Å². The quantitative estimate of drug-likeness (QED) is 0.795. The molecule has 0 radical (unpaired) electrons. The Morgan fingerprint density at radius 3 is 2.56 bits per heavy atom. The molecule has 0 unspecified atom stereocenters. The standard InChI is InChI=1S/C10H10Cl2O2S2/c11-9-5-7(6-16(12,13)14)1-4-10(9)15-8-2-3-8/h1,4-5,8H,2-3,6H2. The Labute approximate surface area is 109 Å². The molecule has 1 aromatic carbocycles. The van der Waals surface area contributed by atoms with Crippen LogP contribution in [0, 0.1) is 0 Å². The van der Waals surface area contributed by atoms with Crippen LogP contribution in [-0.2, 0) is 14.8 Å². The maximum absolute atomic E-state index is 10.9. The summed E-state index contributed by atoms with van der Waals surface area (Å²) < 4.78 is 21.8. The van der Waals surface area contributed by atoms with Crippen molar-refractivity contribution in [3.05, 3.63) is 28.8 Å². The molecule has 1 saturated carbocycles. The summed E-state index contributed by atoms with van der Waals surface area (Å²) in [5.74, 6) is -0.178. The zero-order chi connectivity index (χ0) is 11.8. The first kappa shape index (κ1) is 12.6.